The first-order valence-corrected chi connectivity index (χ1v) is 5.99. The first-order chi connectivity index (χ1) is 7.77. The standard InChI is InChI=1S/C9H8O7S/c1-9(17(12,13)14)4-5(10)6-7(8(9)11)16-3-2-15-6/h2-3H,4H2,1H3,(H,12,13,14). The van der Waals surface area contributed by atoms with Gasteiger partial charge < -0.3 is 9.47 Å². The maximum Gasteiger partial charge on any atom is 0.278 e. The number of ether oxygens (including phenoxy) is 2. The molecule has 1 aliphatic heterocycles. The Hall–Kier alpha value is -1.67. The zero-order valence-corrected chi connectivity index (χ0v) is 9.48. The second-order valence-electron chi connectivity index (χ2n) is 3.80. The number of hydrogen-bond acceptors (Lipinski definition) is 6. The van der Waals surface area contributed by atoms with E-state index in [4.69, 9.17) is 14.0 Å². The number of carbonyl (C=O) groups is 2. The van der Waals surface area contributed by atoms with Crippen LogP contribution >= 0.6 is 0 Å². The number of ketones is 2. The third-order valence-electron chi connectivity index (χ3n) is 2.64. The van der Waals surface area contributed by atoms with Crippen molar-refractivity contribution in [3.05, 3.63) is 24.0 Å². The molecule has 1 atom stereocenters. The van der Waals surface area contributed by atoms with Crippen molar-refractivity contribution < 1.29 is 32.0 Å². The van der Waals surface area contributed by atoms with E-state index in [0.29, 0.717) is 0 Å². The molecule has 0 aromatic heterocycles. The minimum absolute atomic E-state index is 0.335. The lowest BCUT2D eigenvalue weighted by molar-refractivity contribution is -0.129. The number of allylic oxidation sites excluding steroid dienone is 2. The average molecular weight is 260 g/mol. The van der Waals surface area contributed by atoms with E-state index in [0.717, 1.165) is 19.4 Å². The van der Waals surface area contributed by atoms with Crippen molar-refractivity contribution in [1.29, 1.82) is 0 Å². The molecule has 8 heteroatoms. The van der Waals surface area contributed by atoms with Crippen LogP contribution in [0.4, 0.5) is 0 Å². The fourth-order valence-electron chi connectivity index (χ4n) is 1.56. The Labute approximate surface area is 96.4 Å². The highest BCUT2D eigenvalue weighted by Crippen LogP contribution is 2.35. The molecule has 0 saturated carbocycles. The number of carbonyl (C=O) groups excluding carboxylic acids is 2. The Balaban J connectivity index is 2.58. The normalized spacial score (nSPS) is 28.6. The fraction of sp³-hybridized carbons (Fsp3) is 0.333. The van der Waals surface area contributed by atoms with E-state index in [-0.39, 0.29) is 5.76 Å². The van der Waals surface area contributed by atoms with E-state index in [1.165, 1.54) is 0 Å². The van der Waals surface area contributed by atoms with Gasteiger partial charge >= 0.3 is 0 Å². The second kappa shape index (κ2) is 3.41. The molecule has 2 rings (SSSR count). The van der Waals surface area contributed by atoms with Gasteiger partial charge in [0.25, 0.3) is 10.1 Å². The van der Waals surface area contributed by atoms with Gasteiger partial charge in [-0.15, -0.1) is 0 Å². The predicted octanol–water partition coefficient (Wildman–Crippen LogP) is -0.0956. The van der Waals surface area contributed by atoms with Crippen molar-refractivity contribution in [2.45, 2.75) is 18.1 Å². The highest BCUT2D eigenvalue weighted by atomic mass is 32.2. The Morgan fingerprint density at radius 2 is 1.76 bits per heavy atom. The summed E-state index contributed by atoms with van der Waals surface area (Å²) in [5.74, 6) is -2.55. The summed E-state index contributed by atoms with van der Waals surface area (Å²) in [6.07, 6.45) is 1.38. The molecule has 0 amide bonds. The molecule has 1 unspecified atom stereocenters. The van der Waals surface area contributed by atoms with Crippen LogP contribution in [0.5, 0.6) is 0 Å². The van der Waals surface area contributed by atoms with Crippen LogP contribution in [0.2, 0.25) is 0 Å². The molecule has 7 nitrogen and oxygen atoms in total. The Morgan fingerprint density at radius 3 is 2.29 bits per heavy atom. The van der Waals surface area contributed by atoms with Crippen LogP contribution in [0.1, 0.15) is 13.3 Å². The van der Waals surface area contributed by atoms with E-state index >= 15 is 0 Å². The van der Waals surface area contributed by atoms with Crippen molar-refractivity contribution in [2.24, 2.45) is 0 Å². The topological polar surface area (TPSA) is 107 Å². The van der Waals surface area contributed by atoms with Crippen LogP contribution in [0.15, 0.2) is 24.0 Å². The summed E-state index contributed by atoms with van der Waals surface area (Å²) in [5.41, 5.74) is 0. The van der Waals surface area contributed by atoms with Crippen LogP contribution in [0.3, 0.4) is 0 Å². The molecule has 1 N–H and O–H groups in total. The van der Waals surface area contributed by atoms with E-state index < -0.39 is 38.6 Å². The summed E-state index contributed by atoms with van der Waals surface area (Å²) in [6, 6.07) is 0. The summed E-state index contributed by atoms with van der Waals surface area (Å²) in [5, 5.41) is 0. The Bertz CT molecular complexity index is 568. The largest absolute Gasteiger partial charge is 0.454 e. The minimum atomic E-state index is -4.72. The molecule has 0 aromatic carbocycles. The van der Waals surface area contributed by atoms with E-state index in [1.54, 1.807) is 0 Å². The van der Waals surface area contributed by atoms with E-state index in [1.807, 2.05) is 0 Å². The zero-order chi connectivity index (χ0) is 12.8. The van der Waals surface area contributed by atoms with Gasteiger partial charge in [-0.05, 0) is 6.92 Å². The SMILES string of the molecule is CC1(S(=O)(=O)O)CC(=O)C2=C(OC=CO2)C1=O. The maximum absolute atomic E-state index is 11.9. The number of hydrogen-bond donors (Lipinski definition) is 1. The van der Waals surface area contributed by atoms with Gasteiger partial charge in [0, 0.05) is 6.42 Å². The average Bonchev–Trinajstić information content (AvgIpc) is 2.25. The van der Waals surface area contributed by atoms with Crippen molar-refractivity contribution in [2.75, 3.05) is 0 Å². The lowest BCUT2D eigenvalue weighted by Crippen LogP contribution is -2.50. The van der Waals surface area contributed by atoms with Gasteiger partial charge in [-0.1, -0.05) is 0 Å². The lowest BCUT2D eigenvalue weighted by atomic mass is 9.90. The monoisotopic (exact) mass is 260 g/mol. The highest BCUT2D eigenvalue weighted by Gasteiger charge is 2.54. The first kappa shape index (κ1) is 11.8. The fourth-order valence-corrected chi connectivity index (χ4v) is 2.20. The third-order valence-corrected chi connectivity index (χ3v) is 4.11. The molecule has 0 saturated heterocycles. The van der Waals surface area contributed by atoms with Crippen LogP contribution in [-0.2, 0) is 29.2 Å². The zero-order valence-electron chi connectivity index (χ0n) is 8.67. The van der Waals surface area contributed by atoms with Gasteiger partial charge in [-0.3, -0.25) is 14.1 Å². The van der Waals surface area contributed by atoms with Gasteiger partial charge in [0.05, 0.1) is 0 Å². The molecule has 2 aliphatic rings. The molecule has 92 valence electrons. The molecule has 1 heterocycles. The Kier molecular flexibility index (Phi) is 2.37. The van der Waals surface area contributed by atoms with Crippen molar-refractivity contribution in [3.63, 3.8) is 0 Å². The lowest BCUT2D eigenvalue weighted by Gasteiger charge is -2.30. The number of rotatable bonds is 1. The maximum atomic E-state index is 11.9. The van der Waals surface area contributed by atoms with Crippen LogP contribution < -0.4 is 0 Å². The minimum Gasteiger partial charge on any atom is -0.454 e. The third kappa shape index (κ3) is 1.56. The second-order valence-corrected chi connectivity index (χ2v) is 5.65. The molecule has 0 aromatic rings. The van der Waals surface area contributed by atoms with Crippen LogP contribution in [0.25, 0.3) is 0 Å². The summed E-state index contributed by atoms with van der Waals surface area (Å²) < 4.78 is 38.8. The van der Waals surface area contributed by atoms with Gasteiger partial charge in [0.15, 0.2) is 4.75 Å². The molecular formula is C9H8O7S. The molecule has 0 spiro atoms. The molecule has 17 heavy (non-hydrogen) atoms. The summed E-state index contributed by atoms with van der Waals surface area (Å²) in [6.45, 7) is 0.966. The van der Waals surface area contributed by atoms with Crippen molar-refractivity contribution in [1.82, 2.24) is 0 Å². The predicted molar refractivity (Wildman–Crippen MR) is 52.9 cm³/mol. The van der Waals surface area contributed by atoms with Crippen LogP contribution in [0, 0.1) is 0 Å². The van der Waals surface area contributed by atoms with Gasteiger partial charge in [0.2, 0.25) is 23.1 Å². The molecule has 0 fully saturated rings. The van der Waals surface area contributed by atoms with Crippen molar-refractivity contribution in [3.8, 4) is 0 Å². The van der Waals surface area contributed by atoms with Gasteiger partial charge in [-0.2, -0.15) is 8.42 Å². The molecule has 0 radical (unpaired) electrons. The molecule has 1 aliphatic carbocycles. The summed E-state index contributed by atoms with van der Waals surface area (Å²) in [7, 11) is -4.72. The Morgan fingerprint density at radius 1 is 1.24 bits per heavy atom. The summed E-state index contributed by atoms with van der Waals surface area (Å²) in [4.78, 5) is 23.5. The first-order valence-electron chi connectivity index (χ1n) is 4.55. The smallest absolute Gasteiger partial charge is 0.278 e. The van der Waals surface area contributed by atoms with E-state index in [9.17, 15) is 18.0 Å². The molecular weight excluding hydrogens is 252 g/mol. The molecule has 0 bridgehead atoms. The number of Topliss-reactive ketones (excluding diaryl/α,β-unsaturated/α-hetero) is 2. The summed E-state index contributed by atoms with van der Waals surface area (Å²) >= 11 is 0. The quantitative estimate of drug-likeness (QED) is 0.656. The van der Waals surface area contributed by atoms with Gasteiger partial charge in [-0.25, -0.2) is 0 Å². The highest BCUT2D eigenvalue weighted by molar-refractivity contribution is 7.88. The van der Waals surface area contributed by atoms with Gasteiger partial charge in [0.1, 0.15) is 12.5 Å². The van der Waals surface area contributed by atoms with E-state index in [2.05, 4.69) is 0 Å². The van der Waals surface area contributed by atoms with Crippen LogP contribution in [-0.4, -0.2) is 29.3 Å². The van der Waals surface area contributed by atoms with Crippen molar-refractivity contribution >= 4 is 21.7 Å².